The van der Waals surface area contributed by atoms with Gasteiger partial charge in [0.15, 0.2) is 5.75 Å². The number of anilines is 1. The second kappa shape index (κ2) is 6.54. The van der Waals surface area contributed by atoms with Gasteiger partial charge in [0.2, 0.25) is 0 Å². The molecule has 3 rings (SSSR count). The number of aromatic nitrogens is 1. The number of hydrogen-bond acceptors (Lipinski definition) is 4. The molecule has 0 spiro atoms. The van der Waals surface area contributed by atoms with Gasteiger partial charge in [0.05, 0.1) is 23.9 Å². The highest BCUT2D eigenvalue weighted by molar-refractivity contribution is 7.09. The van der Waals surface area contributed by atoms with Crippen molar-refractivity contribution in [2.24, 2.45) is 5.92 Å². The van der Waals surface area contributed by atoms with E-state index in [1.807, 2.05) is 5.38 Å². The summed E-state index contributed by atoms with van der Waals surface area (Å²) in [5.74, 6) is 0.926. The molecule has 2 amide bonds. The molecule has 2 N–H and O–H groups in total. The Hall–Kier alpha value is -1.79. The van der Waals surface area contributed by atoms with Crippen molar-refractivity contribution in [2.45, 2.75) is 18.9 Å². The zero-order valence-corrected chi connectivity index (χ0v) is 13.6. The first-order valence-corrected chi connectivity index (χ1v) is 8.24. The van der Waals surface area contributed by atoms with Crippen LogP contribution >= 0.6 is 22.9 Å². The number of amides is 2. The number of rotatable bonds is 5. The fraction of sp³-hybridized carbons (Fsp3) is 0.333. The number of ether oxygens (including phenoxy) is 1. The third-order valence-corrected chi connectivity index (χ3v) is 4.67. The van der Waals surface area contributed by atoms with Crippen LogP contribution < -0.4 is 15.4 Å². The van der Waals surface area contributed by atoms with E-state index in [1.165, 1.54) is 7.11 Å². The van der Waals surface area contributed by atoms with Gasteiger partial charge in [-0.05, 0) is 30.9 Å². The highest BCUT2D eigenvalue weighted by atomic mass is 35.5. The number of carbonyl (C=O) groups is 1. The Balaban J connectivity index is 1.71. The van der Waals surface area contributed by atoms with Crippen LogP contribution in [-0.4, -0.2) is 18.1 Å². The van der Waals surface area contributed by atoms with Crippen molar-refractivity contribution < 1.29 is 9.53 Å². The van der Waals surface area contributed by atoms with Gasteiger partial charge in [0.25, 0.3) is 0 Å². The van der Waals surface area contributed by atoms with E-state index in [9.17, 15) is 4.79 Å². The number of nitrogens with zero attached hydrogens (tertiary/aromatic N) is 1. The highest BCUT2D eigenvalue weighted by Crippen LogP contribution is 2.41. The van der Waals surface area contributed by atoms with Gasteiger partial charge in [-0.3, -0.25) is 0 Å². The van der Waals surface area contributed by atoms with Crippen LogP contribution in [0, 0.1) is 5.92 Å². The molecule has 1 aromatic heterocycles. The average Bonchev–Trinajstić information content (AvgIpc) is 3.19. The van der Waals surface area contributed by atoms with Crippen LogP contribution in [0.25, 0.3) is 0 Å². The monoisotopic (exact) mass is 337 g/mol. The van der Waals surface area contributed by atoms with Crippen molar-refractivity contribution in [3.63, 3.8) is 0 Å². The van der Waals surface area contributed by atoms with E-state index in [0.29, 0.717) is 22.4 Å². The van der Waals surface area contributed by atoms with Crippen LogP contribution in [0.4, 0.5) is 10.5 Å². The lowest BCUT2D eigenvalue weighted by Crippen LogP contribution is -2.33. The van der Waals surface area contributed by atoms with Crippen molar-refractivity contribution in [3.05, 3.63) is 39.8 Å². The summed E-state index contributed by atoms with van der Waals surface area (Å²) >= 11 is 7.61. The summed E-state index contributed by atoms with van der Waals surface area (Å²) in [5, 5.41) is 9.11. The molecule has 0 aliphatic heterocycles. The van der Waals surface area contributed by atoms with E-state index in [0.717, 1.165) is 17.8 Å². The van der Waals surface area contributed by atoms with Crippen molar-refractivity contribution in [1.29, 1.82) is 0 Å². The zero-order chi connectivity index (χ0) is 15.5. The smallest absolute Gasteiger partial charge is 0.319 e. The second-order valence-electron chi connectivity index (χ2n) is 5.10. The lowest BCUT2D eigenvalue weighted by Gasteiger charge is -2.17. The minimum atomic E-state index is -0.285. The van der Waals surface area contributed by atoms with E-state index in [-0.39, 0.29) is 12.1 Å². The summed E-state index contributed by atoms with van der Waals surface area (Å²) in [6.45, 7) is 0. The molecule has 1 aliphatic rings. The Morgan fingerprint density at radius 2 is 2.32 bits per heavy atom. The Morgan fingerprint density at radius 1 is 1.50 bits per heavy atom. The van der Waals surface area contributed by atoms with Crippen LogP contribution in [0.5, 0.6) is 5.75 Å². The molecule has 1 atom stereocenters. The molecule has 22 heavy (non-hydrogen) atoms. The number of para-hydroxylation sites is 1. The number of urea groups is 1. The molecule has 0 saturated heterocycles. The lowest BCUT2D eigenvalue weighted by molar-refractivity contribution is 0.247. The number of thiazole rings is 1. The first-order chi connectivity index (χ1) is 10.7. The number of methoxy groups -OCH3 is 1. The maximum atomic E-state index is 12.3. The molecule has 1 saturated carbocycles. The molecule has 7 heteroatoms. The van der Waals surface area contributed by atoms with Crippen molar-refractivity contribution in [1.82, 2.24) is 10.3 Å². The van der Waals surface area contributed by atoms with Crippen LogP contribution in [0.1, 0.15) is 23.9 Å². The fourth-order valence-corrected chi connectivity index (χ4v) is 3.35. The lowest BCUT2D eigenvalue weighted by atomic mass is 10.2. The highest BCUT2D eigenvalue weighted by Gasteiger charge is 2.35. The Bertz CT molecular complexity index is 659. The number of carbonyl (C=O) groups excluding carboxylic acids is 1. The minimum absolute atomic E-state index is 0.0369. The van der Waals surface area contributed by atoms with E-state index < -0.39 is 0 Å². The van der Waals surface area contributed by atoms with Gasteiger partial charge in [0, 0.05) is 11.6 Å². The molecule has 1 aliphatic carbocycles. The van der Waals surface area contributed by atoms with Crippen molar-refractivity contribution >= 4 is 34.7 Å². The molecule has 0 radical (unpaired) electrons. The number of hydrogen-bond donors (Lipinski definition) is 2. The van der Waals surface area contributed by atoms with Crippen LogP contribution in [0.2, 0.25) is 5.02 Å². The topological polar surface area (TPSA) is 63.2 Å². The van der Waals surface area contributed by atoms with Gasteiger partial charge in [-0.2, -0.15) is 0 Å². The van der Waals surface area contributed by atoms with Crippen molar-refractivity contribution in [2.75, 3.05) is 12.4 Å². The molecular formula is C15H16ClN3O2S. The Kier molecular flexibility index (Phi) is 4.49. The fourth-order valence-electron chi connectivity index (χ4n) is 2.31. The van der Waals surface area contributed by atoms with Crippen molar-refractivity contribution in [3.8, 4) is 5.75 Å². The van der Waals surface area contributed by atoms with E-state index >= 15 is 0 Å². The largest absolute Gasteiger partial charge is 0.493 e. The molecule has 0 unspecified atom stereocenters. The predicted molar refractivity (Wildman–Crippen MR) is 87.7 cm³/mol. The normalized spacial score (nSPS) is 15.2. The third kappa shape index (κ3) is 3.34. The van der Waals surface area contributed by atoms with E-state index in [2.05, 4.69) is 15.6 Å². The van der Waals surface area contributed by atoms with Gasteiger partial charge >= 0.3 is 6.03 Å². The molecule has 1 aromatic carbocycles. The minimum Gasteiger partial charge on any atom is -0.493 e. The van der Waals surface area contributed by atoms with Gasteiger partial charge in [-0.15, -0.1) is 11.3 Å². The standard InChI is InChI=1S/C15H16ClN3O2S/c1-21-13-10(16)3-2-4-11(13)18-15(20)19-12(9-5-6-9)14-17-7-8-22-14/h2-4,7-9,12H,5-6H2,1H3,(H2,18,19,20)/t12-/m0/s1. The molecule has 2 aromatic rings. The summed E-state index contributed by atoms with van der Waals surface area (Å²) in [6, 6.07) is 4.91. The summed E-state index contributed by atoms with van der Waals surface area (Å²) in [4.78, 5) is 16.6. The summed E-state index contributed by atoms with van der Waals surface area (Å²) in [7, 11) is 1.52. The second-order valence-corrected chi connectivity index (χ2v) is 6.44. The van der Waals surface area contributed by atoms with Gasteiger partial charge < -0.3 is 15.4 Å². The summed E-state index contributed by atoms with van der Waals surface area (Å²) in [5.41, 5.74) is 0.543. The first-order valence-electron chi connectivity index (χ1n) is 6.98. The van der Waals surface area contributed by atoms with Crippen LogP contribution in [-0.2, 0) is 0 Å². The Morgan fingerprint density at radius 3 is 2.95 bits per heavy atom. The van der Waals surface area contributed by atoms with E-state index in [1.54, 1.807) is 35.7 Å². The molecule has 116 valence electrons. The maximum Gasteiger partial charge on any atom is 0.319 e. The van der Waals surface area contributed by atoms with Gasteiger partial charge in [-0.25, -0.2) is 9.78 Å². The zero-order valence-electron chi connectivity index (χ0n) is 12.0. The predicted octanol–water partition coefficient (Wildman–Crippen LogP) is 4.08. The number of nitrogens with one attached hydrogen (secondary N) is 2. The molecule has 0 bridgehead atoms. The van der Waals surface area contributed by atoms with Crippen LogP contribution in [0.15, 0.2) is 29.8 Å². The van der Waals surface area contributed by atoms with Gasteiger partial charge in [-0.1, -0.05) is 17.7 Å². The quantitative estimate of drug-likeness (QED) is 0.864. The Labute approximate surface area is 137 Å². The van der Waals surface area contributed by atoms with E-state index in [4.69, 9.17) is 16.3 Å². The molecule has 1 fully saturated rings. The first kappa shape index (κ1) is 15.1. The molecule has 5 nitrogen and oxygen atoms in total. The number of benzene rings is 1. The summed E-state index contributed by atoms with van der Waals surface area (Å²) < 4.78 is 5.23. The maximum absolute atomic E-state index is 12.3. The van der Waals surface area contributed by atoms with Gasteiger partial charge in [0.1, 0.15) is 5.01 Å². The molecule has 1 heterocycles. The molecular weight excluding hydrogens is 322 g/mol. The SMILES string of the molecule is COc1c(Cl)cccc1NC(=O)N[C@H](c1nccs1)C1CC1. The van der Waals surface area contributed by atoms with Crippen LogP contribution in [0.3, 0.4) is 0 Å². The third-order valence-electron chi connectivity index (χ3n) is 3.52. The number of halogens is 1. The summed E-state index contributed by atoms with van der Waals surface area (Å²) in [6.07, 6.45) is 3.99. The average molecular weight is 338 g/mol.